The molecule has 0 radical (unpaired) electrons. The molecule has 1 aliphatic rings. The normalized spacial score (nSPS) is 16.7. The first kappa shape index (κ1) is 17.7. The molecule has 0 aromatic heterocycles. The van der Waals surface area contributed by atoms with Gasteiger partial charge in [-0.3, -0.25) is 0 Å². The summed E-state index contributed by atoms with van der Waals surface area (Å²) in [5.41, 5.74) is 1.41. The second-order valence-corrected chi connectivity index (χ2v) is 5.91. The zero-order valence-corrected chi connectivity index (χ0v) is 14.8. The van der Waals surface area contributed by atoms with Crippen LogP contribution >= 0.6 is 15.9 Å². The van der Waals surface area contributed by atoms with Gasteiger partial charge in [-0.1, -0.05) is 34.4 Å². The molecule has 6 nitrogen and oxygen atoms in total. The minimum Gasteiger partial charge on any atom is -0.481 e. The molecule has 0 bridgehead atoms. The number of benzene rings is 1. The molecular weight excluding hydrogens is 366 g/mol. The van der Waals surface area contributed by atoms with Crippen LogP contribution in [0.2, 0.25) is 0 Å². The number of oxime groups is 1. The summed E-state index contributed by atoms with van der Waals surface area (Å²) in [6, 6.07) is 5.47. The lowest BCUT2D eigenvalue weighted by Gasteiger charge is -2.15. The fraction of sp³-hybridized carbons (Fsp3) is 0.500. The number of hydrogen-bond acceptors (Lipinski definition) is 6. The van der Waals surface area contributed by atoms with Crippen molar-refractivity contribution >= 4 is 27.6 Å². The largest absolute Gasteiger partial charge is 0.481 e. The number of carbonyl (C=O) groups excluding carboxylic acids is 1. The molecule has 0 aliphatic carbocycles. The van der Waals surface area contributed by atoms with Crippen molar-refractivity contribution in [2.45, 2.75) is 25.9 Å². The lowest BCUT2D eigenvalue weighted by Crippen LogP contribution is -2.26. The summed E-state index contributed by atoms with van der Waals surface area (Å²) in [5.74, 6) is 0.0890. The van der Waals surface area contributed by atoms with E-state index in [1.54, 1.807) is 6.07 Å². The van der Waals surface area contributed by atoms with E-state index in [4.69, 9.17) is 14.3 Å². The zero-order valence-electron chi connectivity index (χ0n) is 13.2. The van der Waals surface area contributed by atoms with Gasteiger partial charge in [-0.25, -0.2) is 4.79 Å². The van der Waals surface area contributed by atoms with E-state index in [2.05, 4.69) is 32.7 Å². The van der Waals surface area contributed by atoms with Gasteiger partial charge in [0.15, 0.2) is 6.61 Å². The molecule has 1 aromatic carbocycles. The smallest absolute Gasteiger partial charge is 0.343 e. The summed E-state index contributed by atoms with van der Waals surface area (Å²) in [7, 11) is 1.32. The molecule has 1 heterocycles. The van der Waals surface area contributed by atoms with E-state index in [0.29, 0.717) is 24.7 Å². The number of unbranched alkanes of at least 4 members (excludes halogenated alkanes) is 1. The molecule has 126 valence electrons. The highest BCUT2D eigenvalue weighted by atomic mass is 79.9. The fourth-order valence-corrected chi connectivity index (χ4v) is 2.42. The second kappa shape index (κ2) is 8.88. The Bertz CT molecular complexity index is 576. The van der Waals surface area contributed by atoms with Crippen molar-refractivity contribution in [2.75, 3.05) is 26.9 Å². The maximum absolute atomic E-state index is 11.3. The van der Waals surface area contributed by atoms with E-state index in [9.17, 15) is 4.79 Å². The molecule has 0 saturated heterocycles. The van der Waals surface area contributed by atoms with Gasteiger partial charge in [-0.05, 0) is 24.6 Å². The molecule has 23 heavy (non-hydrogen) atoms. The summed E-state index contributed by atoms with van der Waals surface area (Å²) < 4.78 is 16.8. The third-order valence-corrected chi connectivity index (χ3v) is 3.79. The van der Waals surface area contributed by atoms with E-state index < -0.39 is 5.97 Å². The zero-order chi connectivity index (χ0) is 16.7. The number of halogens is 1. The van der Waals surface area contributed by atoms with Gasteiger partial charge in [0, 0.05) is 16.6 Å². The minimum atomic E-state index is -0.445. The number of nitrogens with zero attached hydrogens (tertiary/aromatic N) is 1. The Kier molecular flexibility index (Phi) is 6.85. The summed E-state index contributed by atoms with van der Waals surface area (Å²) in [6.45, 7) is 2.97. The molecule has 1 aromatic rings. The first-order valence-corrected chi connectivity index (χ1v) is 8.26. The van der Waals surface area contributed by atoms with Crippen molar-refractivity contribution in [2.24, 2.45) is 5.16 Å². The van der Waals surface area contributed by atoms with Gasteiger partial charge < -0.3 is 19.0 Å². The van der Waals surface area contributed by atoms with Crippen molar-refractivity contribution < 1.29 is 23.8 Å². The average molecular weight is 386 g/mol. The Balaban J connectivity index is 2.16. The van der Waals surface area contributed by atoms with Crippen LogP contribution in [0.1, 0.15) is 25.3 Å². The maximum atomic E-state index is 11.3. The summed E-state index contributed by atoms with van der Waals surface area (Å²) in [4.78, 5) is 16.5. The SMILES string of the molecule is CCCCOC1CON=C1c1cc(Br)ccc1OCC(=O)OC. The van der Waals surface area contributed by atoms with Gasteiger partial charge in [0.25, 0.3) is 0 Å². The minimum absolute atomic E-state index is 0.166. The van der Waals surface area contributed by atoms with Crippen LogP contribution in [-0.4, -0.2) is 44.7 Å². The maximum Gasteiger partial charge on any atom is 0.343 e. The highest BCUT2D eigenvalue weighted by molar-refractivity contribution is 9.10. The van der Waals surface area contributed by atoms with Crippen molar-refractivity contribution in [3.05, 3.63) is 28.2 Å². The first-order chi connectivity index (χ1) is 11.2. The Morgan fingerprint density at radius 2 is 2.30 bits per heavy atom. The molecule has 0 spiro atoms. The van der Waals surface area contributed by atoms with Crippen LogP contribution in [0, 0.1) is 0 Å². The molecule has 7 heteroatoms. The Morgan fingerprint density at radius 1 is 1.48 bits per heavy atom. The molecule has 0 fully saturated rings. The summed E-state index contributed by atoms with van der Waals surface area (Å²) >= 11 is 3.44. The van der Waals surface area contributed by atoms with E-state index >= 15 is 0 Å². The van der Waals surface area contributed by atoms with Gasteiger partial charge in [0.05, 0.1) is 7.11 Å². The Hall–Kier alpha value is -1.60. The van der Waals surface area contributed by atoms with Crippen LogP contribution in [0.5, 0.6) is 5.75 Å². The van der Waals surface area contributed by atoms with Crippen molar-refractivity contribution in [3.8, 4) is 5.75 Å². The van der Waals surface area contributed by atoms with Crippen LogP contribution < -0.4 is 4.74 Å². The van der Waals surface area contributed by atoms with E-state index in [-0.39, 0.29) is 12.7 Å². The predicted molar refractivity (Wildman–Crippen MR) is 88.8 cm³/mol. The van der Waals surface area contributed by atoms with Gasteiger partial charge in [0.2, 0.25) is 0 Å². The number of rotatable bonds is 8. The highest BCUT2D eigenvalue weighted by Gasteiger charge is 2.28. The first-order valence-electron chi connectivity index (χ1n) is 7.46. The predicted octanol–water partition coefficient (Wildman–Crippen LogP) is 2.92. The van der Waals surface area contributed by atoms with Crippen LogP contribution in [0.15, 0.2) is 27.8 Å². The molecule has 1 aliphatic heterocycles. The molecule has 0 amide bonds. The van der Waals surface area contributed by atoms with Gasteiger partial charge >= 0.3 is 5.97 Å². The Morgan fingerprint density at radius 3 is 3.04 bits per heavy atom. The topological polar surface area (TPSA) is 66.3 Å². The molecule has 1 atom stereocenters. The molecule has 0 N–H and O–H groups in total. The van der Waals surface area contributed by atoms with Crippen molar-refractivity contribution in [1.29, 1.82) is 0 Å². The van der Waals surface area contributed by atoms with Crippen molar-refractivity contribution in [1.82, 2.24) is 0 Å². The van der Waals surface area contributed by atoms with Crippen LogP contribution in [0.4, 0.5) is 0 Å². The number of ether oxygens (including phenoxy) is 3. The second-order valence-electron chi connectivity index (χ2n) is 4.99. The fourth-order valence-electron chi connectivity index (χ4n) is 2.06. The Labute approximate surface area is 143 Å². The summed E-state index contributed by atoms with van der Waals surface area (Å²) in [6.07, 6.45) is 1.80. The van der Waals surface area contributed by atoms with E-state index in [0.717, 1.165) is 22.9 Å². The number of methoxy groups -OCH3 is 1. The molecule has 0 saturated carbocycles. The molecule has 2 rings (SSSR count). The standard InChI is InChI=1S/C16H20BrNO5/c1-3-4-7-21-14-9-23-18-16(14)12-8-11(17)5-6-13(12)22-10-15(19)20-2/h5-6,8,14H,3-4,7,9-10H2,1-2H3. The van der Waals surface area contributed by atoms with Gasteiger partial charge in [0.1, 0.15) is 24.2 Å². The number of esters is 1. The lowest BCUT2D eigenvalue weighted by molar-refractivity contribution is -0.142. The number of hydrogen-bond donors (Lipinski definition) is 0. The van der Waals surface area contributed by atoms with Crippen LogP contribution in [0.25, 0.3) is 0 Å². The summed E-state index contributed by atoms with van der Waals surface area (Å²) in [5, 5.41) is 4.09. The van der Waals surface area contributed by atoms with Gasteiger partial charge in [-0.15, -0.1) is 0 Å². The molecule has 1 unspecified atom stereocenters. The third-order valence-electron chi connectivity index (χ3n) is 3.30. The van der Waals surface area contributed by atoms with E-state index in [1.807, 2.05) is 12.1 Å². The molecular formula is C16H20BrNO5. The monoisotopic (exact) mass is 385 g/mol. The third kappa shape index (κ3) is 4.94. The number of carbonyl (C=O) groups is 1. The van der Waals surface area contributed by atoms with Crippen LogP contribution in [0.3, 0.4) is 0 Å². The van der Waals surface area contributed by atoms with Gasteiger partial charge in [-0.2, -0.15) is 0 Å². The average Bonchev–Trinajstić information content (AvgIpc) is 3.02. The van der Waals surface area contributed by atoms with E-state index in [1.165, 1.54) is 7.11 Å². The lowest BCUT2D eigenvalue weighted by atomic mass is 10.0. The van der Waals surface area contributed by atoms with Crippen LogP contribution in [-0.2, 0) is 19.1 Å². The quantitative estimate of drug-likeness (QED) is 0.508. The van der Waals surface area contributed by atoms with Crippen molar-refractivity contribution in [3.63, 3.8) is 0 Å². The highest BCUT2D eigenvalue weighted by Crippen LogP contribution is 2.27.